The number of hydrogen-bond donors (Lipinski definition) is 0. The first-order valence-corrected chi connectivity index (χ1v) is 9.74. The molecule has 0 radical (unpaired) electrons. The molecule has 0 aliphatic rings. The van der Waals surface area contributed by atoms with Crippen molar-refractivity contribution in [2.24, 2.45) is 5.92 Å². The van der Waals surface area contributed by atoms with E-state index in [1.165, 1.54) is 11.3 Å². The summed E-state index contributed by atoms with van der Waals surface area (Å²) in [5.74, 6) is 1.57. The number of amides is 1. The van der Waals surface area contributed by atoms with E-state index >= 15 is 0 Å². The van der Waals surface area contributed by atoms with Gasteiger partial charge in [0, 0.05) is 25.7 Å². The number of nitrogens with zero attached hydrogens (tertiary/aromatic N) is 3. The van der Waals surface area contributed by atoms with E-state index in [4.69, 9.17) is 4.74 Å². The Morgan fingerprint density at radius 2 is 1.93 bits per heavy atom. The molecule has 0 N–H and O–H groups in total. The maximum atomic E-state index is 12.5. The van der Waals surface area contributed by atoms with Crippen molar-refractivity contribution in [1.29, 1.82) is 0 Å². The van der Waals surface area contributed by atoms with Gasteiger partial charge in [-0.15, -0.1) is 0 Å². The summed E-state index contributed by atoms with van der Waals surface area (Å²) in [4.78, 5) is 14.2. The Kier molecular flexibility index (Phi) is 7.45. The van der Waals surface area contributed by atoms with Gasteiger partial charge in [0.25, 0.3) is 0 Å². The van der Waals surface area contributed by atoms with Crippen LogP contribution in [0.15, 0.2) is 24.3 Å². The predicted molar refractivity (Wildman–Crippen MR) is 109 cm³/mol. The number of ether oxygens (including phenoxy) is 1. The Morgan fingerprint density at radius 1 is 1.22 bits per heavy atom. The number of carbonyl (C=O) groups is 1. The number of carbonyl (C=O) groups excluding carboxylic acids is 1. The lowest BCUT2D eigenvalue weighted by atomic mass is 10.1. The zero-order valence-electron chi connectivity index (χ0n) is 17.6. The van der Waals surface area contributed by atoms with E-state index in [1.54, 1.807) is 4.90 Å². The molecule has 0 bridgehead atoms. The lowest BCUT2D eigenvalue weighted by molar-refractivity contribution is -0.130. The molecule has 1 aromatic carbocycles. The molecule has 148 valence electrons. The van der Waals surface area contributed by atoms with E-state index in [1.807, 2.05) is 45.2 Å². The third-order valence-corrected chi connectivity index (χ3v) is 4.86. The highest BCUT2D eigenvalue weighted by molar-refractivity contribution is 5.76. The van der Waals surface area contributed by atoms with Crippen molar-refractivity contribution in [3.63, 3.8) is 0 Å². The van der Waals surface area contributed by atoms with Crippen LogP contribution in [0, 0.1) is 26.7 Å². The predicted octanol–water partition coefficient (Wildman–Crippen LogP) is 3.93. The van der Waals surface area contributed by atoms with Crippen molar-refractivity contribution in [3.8, 4) is 5.75 Å². The van der Waals surface area contributed by atoms with Crippen LogP contribution in [0.4, 0.5) is 0 Å². The monoisotopic (exact) mass is 371 g/mol. The topological polar surface area (TPSA) is 47.4 Å². The number of benzene rings is 1. The van der Waals surface area contributed by atoms with Crippen LogP contribution < -0.4 is 4.74 Å². The van der Waals surface area contributed by atoms with Crippen molar-refractivity contribution < 1.29 is 9.53 Å². The van der Waals surface area contributed by atoms with Crippen molar-refractivity contribution in [2.75, 3.05) is 20.2 Å². The molecule has 0 aliphatic carbocycles. The van der Waals surface area contributed by atoms with Crippen LogP contribution in [0.2, 0.25) is 0 Å². The summed E-state index contributed by atoms with van der Waals surface area (Å²) in [6.07, 6.45) is 1.23. The van der Waals surface area contributed by atoms with Gasteiger partial charge in [0.2, 0.25) is 5.91 Å². The number of rotatable bonds is 9. The highest BCUT2D eigenvalue weighted by Gasteiger charge is 2.15. The van der Waals surface area contributed by atoms with Gasteiger partial charge in [-0.05, 0) is 50.3 Å². The normalized spacial score (nSPS) is 11.1. The van der Waals surface area contributed by atoms with Crippen LogP contribution in [-0.4, -0.2) is 40.8 Å². The molecule has 1 amide bonds. The molecule has 0 atom stereocenters. The minimum absolute atomic E-state index is 0.138. The van der Waals surface area contributed by atoms with Crippen molar-refractivity contribution in [1.82, 2.24) is 14.7 Å². The number of hydrogen-bond acceptors (Lipinski definition) is 3. The summed E-state index contributed by atoms with van der Waals surface area (Å²) in [5.41, 5.74) is 4.52. The average Bonchev–Trinajstić information content (AvgIpc) is 2.87. The van der Waals surface area contributed by atoms with E-state index in [2.05, 4.69) is 30.6 Å². The zero-order chi connectivity index (χ0) is 20.0. The van der Waals surface area contributed by atoms with Crippen LogP contribution in [-0.2, 0) is 17.8 Å². The molecule has 0 unspecified atom stereocenters. The summed E-state index contributed by atoms with van der Waals surface area (Å²) >= 11 is 0. The molecular weight excluding hydrogens is 338 g/mol. The smallest absolute Gasteiger partial charge is 0.222 e. The molecule has 0 saturated carbocycles. The summed E-state index contributed by atoms with van der Waals surface area (Å²) in [5, 5.41) is 4.64. The Balaban J connectivity index is 1.83. The minimum Gasteiger partial charge on any atom is -0.491 e. The third kappa shape index (κ3) is 5.84. The van der Waals surface area contributed by atoms with Gasteiger partial charge in [0.1, 0.15) is 12.4 Å². The largest absolute Gasteiger partial charge is 0.491 e. The van der Waals surface area contributed by atoms with Crippen LogP contribution in [0.25, 0.3) is 0 Å². The molecule has 27 heavy (non-hydrogen) atoms. The fourth-order valence-corrected chi connectivity index (χ4v) is 3.18. The van der Waals surface area contributed by atoms with E-state index in [-0.39, 0.29) is 5.91 Å². The Bertz CT molecular complexity index is 765. The van der Waals surface area contributed by atoms with Gasteiger partial charge in [-0.2, -0.15) is 5.10 Å². The zero-order valence-corrected chi connectivity index (χ0v) is 17.6. The standard InChI is InChI=1S/C22H33N3O2/c1-16(2)15-25-19(5)20(18(4)23-25)11-12-22(26)24(6)13-14-27-21-10-8-7-9-17(21)3/h7-10,16H,11-15H2,1-6H3. The SMILES string of the molecule is Cc1ccccc1OCCN(C)C(=O)CCc1c(C)nn(CC(C)C)c1C. The van der Waals surface area contributed by atoms with E-state index < -0.39 is 0 Å². The number of aryl methyl sites for hydroxylation is 2. The Labute approximate surface area is 163 Å². The van der Waals surface area contributed by atoms with Crippen molar-refractivity contribution in [3.05, 3.63) is 46.8 Å². The molecule has 5 heteroatoms. The van der Waals surface area contributed by atoms with Crippen LogP contribution >= 0.6 is 0 Å². The van der Waals surface area contributed by atoms with Crippen LogP contribution in [0.1, 0.15) is 42.8 Å². The Hall–Kier alpha value is -2.30. The van der Waals surface area contributed by atoms with Gasteiger partial charge in [0.15, 0.2) is 0 Å². The molecule has 0 saturated heterocycles. The highest BCUT2D eigenvalue weighted by Crippen LogP contribution is 2.18. The Morgan fingerprint density at radius 3 is 2.59 bits per heavy atom. The molecular formula is C22H33N3O2. The van der Waals surface area contributed by atoms with Crippen molar-refractivity contribution in [2.45, 2.75) is 54.0 Å². The molecule has 2 rings (SSSR count). The highest BCUT2D eigenvalue weighted by atomic mass is 16.5. The number of para-hydroxylation sites is 1. The first-order valence-electron chi connectivity index (χ1n) is 9.74. The fraction of sp³-hybridized carbons (Fsp3) is 0.545. The lowest BCUT2D eigenvalue weighted by Crippen LogP contribution is -2.31. The summed E-state index contributed by atoms with van der Waals surface area (Å²) in [6, 6.07) is 7.93. The third-order valence-electron chi connectivity index (χ3n) is 4.86. The maximum Gasteiger partial charge on any atom is 0.222 e. The molecule has 0 aliphatic heterocycles. The molecule has 1 aromatic heterocycles. The second-order valence-corrected chi connectivity index (χ2v) is 7.65. The van der Waals surface area contributed by atoms with Gasteiger partial charge < -0.3 is 9.64 Å². The van der Waals surface area contributed by atoms with Crippen molar-refractivity contribution >= 4 is 5.91 Å². The summed E-state index contributed by atoms with van der Waals surface area (Å²) in [6.45, 7) is 12.5. The average molecular weight is 372 g/mol. The quantitative estimate of drug-likeness (QED) is 0.671. The number of aromatic nitrogens is 2. The maximum absolute atomic E-state index is 12.5. The van der Waals surface area contributed by atoms with Gasteiger partial charge in [-0.3, -0.25) is 9.48 Å². The number of likely N-dealkylation sites (N-methyl/N-ethyl adjacent to an activating group) is 1. The second-order valence-electron chi connectivity index (χ2n) is 7.65. The molecule has 1 heterocycles. The first-order chi connectivity index (χ1) is 12.8. The lowest BCUT2D eigenvalue weighted by Gasteiger charge is -2.18. The molecule has 5 nitrogen and oxygen atoms in total. The van der Waals surface area contributed by atoms with Gasteiger partial charge in [-0.25, -0.2) is 0 Å². The van der Waals surface area contributed by atoms with E-state index in [0.29, 0.717) is 25.5 Å². The fourth-order valence-electron chi connectivity index (χ4n) is 3.18. The van der Waals surface area contributed by atoms with Crippen LogP contribution in [0.3, 0.4) is 0 Å². The molecule has 0 spiro atoms. The van der Waals surface area contributed by atoms with Gasteiger partial charge in [-0.1, -0.05) is 32.0 Å². The molecule has 2 aromatic rings. The molecule has 0 fully saturated rings. The minimum atomic E-state index is 0.138. The van der Waals surface area contributed by atoms with Gasteiger partial charge in [0.05, 0.1) is 12.2 Å². The summed E-state index contributed by atoms with van der Waals surface area (Å²) in [7, 11) is 1.84. The van der Waals surface area contributed by atoms with Gasteiger partial charge >= 0.3 is 0 Å². The van der Waals surface area contributed by atoms with Crippen LogP contribution in [0.5, 0.6) is 5.75 Å². The summed E-state index contributed by atoms with van der Waals surface area (Å²) < 4.78 is 7.86. The van der Waals surface area contributed by atoms with E-state index in [0.717, 1.165) is 30.0 Å². The first kappa shape index (κ1) is 21.0. The van der Waals surface area contributed by atoms with E-state index in [9.17, 15) is 4.79 Å². The second kappa shape index (κ2) is 9.58.